The minimum absolute atomic E-state index is 0.0668. The molecule has 3 amide bonds. The van der Waals surface area contributed by atoms with E-state index in [1.165, 1.54) is 0 Å². The first-order valence-electron chi connectivity index (χ1n) is 10.7. The summed E-state index contributed by atoms with van der Waals surface area (Å²) in [7, 11) is 0. The van der Waals surface area contributed by atoms with Crippen molar-refractivity contribution in [1.29, 1.82) is 0 Å². The van der Waals surface area contributed by atoms with Crippen molar-refractivity contribution in [3.63, 3.8) is 0 Å². The molecule has 0 aromatic heterocycles. The van der Waals surface area contributed by atoms with Crippen LogP contribution in [0.15, 0.2) is 54.6 Å². The zero-order valence-corrected chi connectivity index (χ0v) is 17.6. The highest BCUT2D eigenvalue weighted by molar-refractivity contribution is 5.94. The van der Waals surface area contributed by atoms with E-state index in [1.54, 1.807) is 0 Å². The Balaban J connectivity index is 1.56. The number of ether oxygens (including phenoxy) is 1. The number of benzene rings is 2. The van der Waals surface area contributed by atoms with Crippen LogP contribution in [-0.2, 0) is 4.74 Å². The van der Waals surface area contributed by atoms with Crippen LogP contribution >= 0.6 is 0 Å². The van der Waals surface area contributed by atoms with E-state index in [1.807, 2.05) is 60.4 Å². The second kappa shape index (κ2) is 11.4. The summed E-state index contributed by atoms with van der Waals surface area (Å²) in [5.74, 6) is 0.161. The smallest absolute Gasteiger partial charge is 0.321 e. The molecule has 1 fully saturated rings. The maximum absolute atomic E-state index is 12.7. The lowest BCUT2D eigenvalue weighted by Crippen LogP contribution is -2.41. The summed E-state index contributed by atoms with van der Waals surface area (Å²) in [6.45, 7) is 5.30. The second-order valence-electron chi connectivity index (χ2n) is 7.51. The van der Waals surface area contributed by atoms with Crippen LogP contribution in [-0.4, -0.2) is 49.7 Å². The Kier molecular flexibility index (Phi) is 8.27. The Morgan fingerprint density at radius 3 is 2.77 bits per heavy atom. The van der Waals surface area contributed by atoms with Crippen LogP contribution in [0.2, 0.25) is 0 Å². The normalized spacial score (nSPS) is 16.2. The van der Waals surface area contributed by atoms with Crippen molar-refractivity contribution in [1.82, 2.24) is 10.2 Å². The molecule has 1 aliphatic rings. The number of hydrogen-bond acceptors (Lipinski definition) is 3. The van der Waals surface area contributed by atoms with Crippen LogP contribution in [0.3, 0.4) is 0 Å². The highest BCUT2D eigenvalue weighted by Gasteiger charge is 2.25. The topological polar surface area (TPSA) is 70.7 Å². The number of para-hydroxylation sites is 1. The molecule has 30 heavy (non-hydrogen) atoms. The molecule has 0 bridgehead atoms. The fourth-order valence-electron chi connectivity index (χ4n) is 3.71. The number of nitrogens with one attached hydrogen (secondary N) is 2. The van der Waals surface area contributed by atoms with Crippen LogP contribution in [0.25, 0.3) is 0 Å². The van der Waals surface area contributed by atoms with Gasteiger partial charge in [-0.1, -0.05) is 30.3 Å². The SMILES string of the molecule is CCOCCCNC(=O)c1cccc([C@@H]2CCCN(C(=O)Nc3ccccc3)C2)c1. The average Bonchev–Trinajstić information content (AvgIpc) is 2.79. The quantitative estimate of drug-likeness (QED) is 0.640. The van der Waals surface area contributed by atoms with E-state index in [0.717, 1.165) is 37.1 Å². The Labute approximate surface area is 178 Å². The van der Waals surface area contributed by atoms with E-state index < -0.39 is 0 Å². The maximum Gasteiger partial charge on any atom is 0.321 e. The lowest BCUT2D eigenvalue weighted by molar-refractivity contribution is 0.0944. The zero-order chi connectivity index (χ0) is 21.2. The van der Waals surface area contributed by atoms with Crippen molar-refractivity contribution in [2.45, 2.75) is 32.1 Å². The van der Waals surface area contributed by atoms with E-state index in [4.69, 9.17) is 4.74 Å². The number of urea groups is 1. The number of piperidine rings is 1. The number of hydrogen-bond donors (Lipinski definition) is 2. The summed E-state index contributed by atoms with van der Waals surface area (Å²) in [5.41, 5.74) is 2.57. The van der Waals surface area contributed by atoms with E-state index in [2.05, 4.69) is 16.7 Å². The molecule has 2 aromatic rings. The third-order valence-corrected chi connectivity index (χ3v) is 5.31. The van der Waals surface area contributed by atoms with Crippen molar-refractivity contribution >= 4 is 17.6 Å². The molecule has 1 aliphatic heterocycles. The molecule has 1 heterocycles. The van der Waals surface area contributed by atoms with Gasteiger partial charge in [0.15, 0.2) is 0 Å². The molecule has 1 atom stereocenters. The summed E-state index contributed by atoms with van der Waals surface area (Å²) >= 11 is 0. The summed E-state index contributed by atoms with van der Waals surface area (Å²) < 4.78 is 5.30. The average molecular weight is 410 g/mol. The van der Waals surface area contributed by atoms with Gasteiger partial charge in [0.25, 0.3) is 5.91 Å². The molecular weight excluding hydrogens is 378 g/mol. The molecule has 160 valence electrons. The third kappa shape index (κ3) is 6.32. The molecule has 0 radical (unpaired) electrons. The predicted molar refractivity (Wildman–Crippen MR) is 119 cm³/mol. The molecular formula is C24H31N3O3. The first-order valence-corrected chi connectivity index (χ1v) is 10.7. The summed E-state index contributed by atoms with van der Waals surface area (Å²) in [4.78, 5) is 27.0. The Hall–Kier alpha value is -2.86. The van der Waals surface area contributed by atoms with Crippen molar-refractivity contribution in [3.05, 3.63) is 65.7 Å². The van der Waals surface area contributed by atoms with Crippen molar-refractivity contribution in [2.75, 3.05) is 38.2 Å². The number of anilines is 1. The van der Waals surface area contributed by atoms with E-state index in [0.29, 0.717) is 31.9 Å². The van der Waals surface area contributed by atoms with Gasteiger partial charge in [0.05, 0.1) is 0 Å². The second-order valence-corrected chi connectivity index (χ2v) is 7.51. The van der Waals surface area contributed by atoms with Crippen LogP contribution in [0, 0.1) is 0 Å². The van der Waals surface area contributed by atoms with Gasteiger partial charge in [0.1, 0.15) is 0 Å². The molecule has 2 aromatic carbocycles. The third-order valence-electron chi connectivity index (χ3n) is 5.31. The zero-order valence-electron chi connectivity index (χ0n) is 17.6. The van der Waals surface area contributed by atoms with Gasteiger partial charge in [-0.3, -0.25) is 4.79 Å². The van der Waals surface area contributed by atoms with Gasteiger partial charge in [-0.05, 0) is 56.0 Å². The number of carbonyl (C=O) groups excluding carboxylic acids is 2. The number of likely N-dealkylation sites (tertiary alicyclic amines) is 1. The lowest BCUT2D eigenvalue weighted by atomic mass is 9.89. The lowest BCUT2D eigenvalue weighted by Gasteiger charge is -2.33. The summed E-state index contributed by atoms with van der Waals surface area (Å²) in [5, 5.41) is 5.91. The molecule has 3 rings (SSSR count). The molecule has 2 N–H and O–H groups in total. The van der Waals surface area contributed by atoms with Crippen molar-refractivity contribution in [2.24, 2.45) is 0 Å². The van der Waals surface area contributed by atoms with Crippen LogP contribution in [0.1, 0.15) is 48.0 Å². The molecule has 0 unspecified atom stereocenters. The molecule has 6 heteroatoms. The molecule has 1 saturated heterocycles. The highest BCUT2D eigenvalue weighted by atomic mass is 16.5. The Morgan fingerprint density at radius 1 is 1.13 bits per heavy atom. The van der Waals surface area contributed by atoms with Crippen molar-refractivity contribution < 1.29 is 14.3 Å². The van der Waals surface area contributed by atoms with E-state index in [9.17, 15) is 9.59 Å². The fraction of sp³-hybridized carbons (Fsp3) is 0.417. The number of carbonyl (C=O) groups is 2. The molecule has 0 saturated carbocycles. The predicted octanol–water partition coefficient (Wildman–Crippen LogP) is 4.25. The molecule has 0 spiro atoms. The largest absolute Gasteiger partial charge is 0.382 e. The van der Waals surface area contributed by atoms with Gasteiger partial charge in [-0.2, -0.15) is 0 Å². The van der Waals surface area contributed by atoms with Gasteiger partial charge in [-0.15, -0.1) is 0 Å². The molecule has 6 nitrogen and oxygen atoms in total. The van der Waals surface area contributed by atoms with Gasteiger partial charge < -0.3 is 20.3 Å². The Bertz CT molecular complexity index is 825. The van der Waals surface area contributed by atoms with E-state index in [-0.39, 0.29) is 17.9 Å². The van der Waals surface area contributed by atoms with E-state index >= 15 is 0 Å². The number of amides is 3. The summed E-state index contributed by atoms with van der Waals surface area (Å²) in [6.07, 6.45) is 2.75. The monoisotopic (exact) mass is 409 g/mol. The van der Waals surface area contributed by atoms with Crippen LogP contribution in [0.4, 0.5) is 10.5 Å². The summed E-state index contributed by atoms with van der Waals surface area (Å²) in [6, 6.07) is 17.2. The highest BCUT2D eigenvalue weighted by Crippen LogP contribution is 2.28. The van der Waals surface area contributed by atoms with Crippen LogP contribution in [0.5, 0.6) is 0 Å². The fourth-order valence-corrected chi connectivity index (χ4v) is 3.71. The first-order chi connectivity index (χ1) is 14.7. The van der Waals surface area contributed by atoms with Gasteiger partial charge >= 0.3 is 6.03 Å². The molecule has 0 aliphatic carbocycles. The first kappa shape index (κ1) is 21.8. The van der Waals surface area contributed by atoms with Gasteiger partial charge in [0, 0.05) is 50.0 Å². The Morgan fingerprint density at radius 2 is 1.97 bits per heavy atom. The number of nitrogens with zero attached hydrogens (tertiary/aromatic N) is 1. The van der Waals surface area contributed by atoms with Gasteiger partial charge in [0.2, 0.25) is 0 Å². The van der Waals surface area contributed by atoms with Crippen molar-refractivity contribution in [3.8, 4) is 0 Å². The van der Waals surface area contributed by atoms with Crippen LogP contribution < -0.4 is 10.6 Å². The minimum Gasteiger partial charge on any atom is -0.382 e. The maximum atomic E-state index is 12.7. The standard InChI is InChI=1S/C24H31N3O3/c1-2-30-16-8-14-25-23(28)20-10-6-9-19(17-20)21-11-7-15-27(18-21)24(29)26-22-12-4-3-5-13-22/h3-6,9-10,12-13,17,21H,2,7-8,11,14-16,18H2,1H3,(H,25,28)(H,26,29)/t21-/m1/s1. The number of rotatable bonds is 8. The minimum atomic E-state index is -0.0749. The van der Waals surface area contributed by atoms with Gasteiger partial charge in [-0.25, -0.2) is 4.79 Å².